The predicted octanol–water partition coefficient (Wildman–Crippen LogP) is 4.16. The molecule has 1 aromatic carbocycles. The van der Waals surface area contributed by atoms with Gasteiger partial charge < -0.3 is 5.32 Å². The van der Waals surface area contributed by atoms with Gasteiger partial charge in [-0.1, -0.05) is 44.0 Å². The van der Waals surface area contributed by atoms with Gasteiger partial charge in [-0.2, -0.15) is 0 Å². The normalized spacial score (nSPS) is 29.2. The lowest BCUT2D eigenvalue weighted by molar-refractivity contribution is 0.381. The summed E-state index contributed by atoms with van der Waals surface area (Å²) in [7, 11) is 0. The second-order valence-electron chi connectivity index (χ2n) is 5.81. The highest BCUT2D eigenvalue weighted by Crippen LogP contribution is 2.37. The molecule has 1 nitrogen and oxygen atoms in total. The van der Waals surface area contributed by atoms with Crippen LogP contribution >= 0.6 is 0 Å². The van der Waals surface area contributed by atoms with E-state index in [0.717, 1.165) is 12.0 Å². The van der Waals surface area contributed by atoms with Gasteiger partial charge in [0.2, 0.25) is 0 Å². The van der Waals surface area contributed by atoms with Crippen LogP contribution in [0, 0.1) is 0 Å². The molecule has 0 amide bonds. The number of fused-ring (bicyclic) bond motifs is 1. The molecule has 0 aliphatic heterocycles. The lowest BCUT2D eigenvalue weighted by Gasteiger charge is -2.32. The van der Waals surface area contributed by atoms with E-state index in [-0.39, 0.29) is 0 Å². The van der Waals surface area contributed by atoms with Gasteiger partial charge in [-0.15, -0.1) is 0 Å². The fraction of sp³-hybridized carbons (Fsp3) is 0.625. The summed E-state index contributed by atoms with van der Waals surface area (Å²) in [5.74, 6) is 0.743. The summed E-state index contributed by atoms with van der Waals surface area (Å²) in [6, 6.07) is 10.4. The van der Waals surface area contributed by atoms with E-state index in [1.54, 1.807) is 11.1 Å². The molecule has 1 N–H and O–H groups in total. The topological polar surface area (TPSA) is 12.0 Å². The van der Waals surface area contributed by atoms with Crippen molar-refractivity contribution >= 4 is 0 Å². The van der Waals surface area contributed by atoms with Crippen LogP contribution in [0.5, 0.6) is 0 Å². The zero-order chi connectivity index (χ0) is 11.7. The van der Waals surface area contributed by atoms with Crippen molar-refractivity contribution in [3.63, 3.8) is 0 Å². The Morgan fingerprint density at radius 1 is 0.941 bits per heavy atom. The molecule has 2 unspecified atom stereocenters. The summed E-state index contributed by atoms with van der Waals surface area (Å²) < 4.78 is 0. The Morgan fingerprint density at radius 3 is 2.41 bits per heavy atom. The van der Waals surface area contributed by atoms with Gasteiger partial charge in [-0.3, -0.25) is 0 Å². The van der Waals surface area contributed by atoms with E-state index in [0.29, 0.717) is 6.04 Å². The molecule has 2 aliphatic carbocycles. The van der Waals surface area contributed by atoms with Gasteiger partial charge in [0.05, 0.1) is 0 Å². The summed E-state index contributed by atoms with van der Waals surface area (Å²) in [5, 5.41) is 3.89. The molecule has 3 rings (SSSR count). The first kappa shape index (κ1) is 11.3. The molecule has 92 valence electrons. The highest BCUT2D eigenvalue weighted by Gasteiger charge is 2.26. The molecule has 2 atom stereocenters. The predicted molar refractivity (Wildman–Crippen MR) is 72.2 cm³/mol. The van der Waals surface area contributed by atoms with Crippen LogP contribution < -0.4 is 5.32 Å². The van der Waals surface area contributed by atoms with E-state index in [1.807, 2.05) is 0 Å². The number of rotatable bonds is 2. The lowest BCUT2D eigenvalue weighted by Crippen LogP contribution is -2.33. The van der Waals surface area contributed by atoms with E-state index in [9.17, 15) is 0 Å². The SMILES string of the molecule is CC1CCC(NC2CCCC2)c2ccccc21. The van der Waals surface area contributed by atoms with Crippen LogP contribution in [0.25, 0.3) is 0 Å². The van der Waals surface area contributed by atoms with Crippen molar-refractivity contribution in [2.45, 2.75) is 63.5 Å². The van der Waals surface area contributed by atoms with Gasteiger partial charge in [0.25, 0.3) is 0 Å². The summed E-state index contributed by atoms with van der Waals surface area (Å²) in [6.07, 6.45) is 8.25. The molecule has 0 bridgehead atoms. The highest BCUT2D eigenvalue weighted by atomic mass is 15.0. The summed E-state index contributed by atoms with van der Waals surface area (Å²) in [6.45, 7) is 2.37. The average molecular weight is 229 g/mol. The van der Waals surface area contributed by atoms with Crippen molar-refractivity contribution in [2.24, 2.45) is 0 Å². The van der Waals surface area contributed by atoms with Crippen LogP contribution in [0.3, 0.4) is 0 Å². The van der Waals surface area contributed by atoms with Crippen LogP contribution in [0.1, 0.15) is 68.5 Å². The second-order valence-corrected chi connectivity index (χ2v) is 5.81. The van der Waals surface area contributed by atoms with Crippen LogP contribution in [-0.2, 0) is 0 Å². The maximum atomic E-state index is 3.89. The molecule has 2 aliphatic rings. The minimum atomic E-state index is 0.616. The van der Waals surface area contributed by atoms with Crippen LogP contribution in [0.4, 0.5) is 0 Å². The quantitative estimate of drug-likeness (QED) is 0.803. The molecular weight excluding hydrogens is 206 g/mol. The minimum Gasteiger partial charge on any atom is -0.307 e. The first-order chi connectivity index (χ1) is 8.34. The lowest BCUT2D eigenvalue weighted by atomic mass is 9.81. The minimum absolute atomic E-state index is 0.616. The zero-order valence-electron chi connectivity index (χ0n) is 10.8. The third-order valence-corrected chi connectivity index (χ3v) is 4.58. The number of benzene rings is 1. The molecule has 17 heavy (non-hydrogen) atoms. The number of hydrogen-bond acceptors (Lipinski definition) is 1. The van der Waals surface area contributed by atoms with E-state index < -0.39 is 0 Å². The largest absolute Gasteiger partial charge is 0.307 e. The van der Waals surface area contributed by atoms with Crippen molar-refractivity contribution < 1.29 is 0 Å². The van der Waals surface area contributed by atoms with Crippen LogP contribution in [0.2, 0.25) is 0 Å². The maximum absolute atomic E-state index is 3.89. The standard InChI is InChI=1S/C16H23N/c1-12-10-11-16(17-13-6-2-3-7-13)15-9-5-4-8-14(12)15/h4-5,8-9,12-13,16-17H,2-3,6-7,10-11H2,1H3. The van der Waals surface area contributed by atoms with Gasteiger partial charge in [-0.25, -0.2) is 0 Å². The Labute approximate surface area is 105 Å². The smallest absolute Gasteiger partial charge is 0.0325 e. The summed E-state index contributed by atoms with van der Waals surface area (Å²) in [5.41, 5.74) is 3.15. The number of nitrogens with one attached hydrogen (secondary N) is 1. The molecule has 0 aromatic heterocycles. The molecule has 0 radical (unpaired) electrons. The molecule has 1 saturated carbocycles. The average Bonchev–Trinajstić information content (AvgIpc) is 2.86. The Morgan fingerprint density at radius 2 is 1.65 bits per heavy atom. The molecule has 1 aromatic rings. The van der Waals surface area contributed by atoms with E-state index in [4.69, 9.17) is 0 Å². The molecule has 1 heteroatoms. The van der Waals surface area contributed by atoms with E-state index in [1.165, 1.54) is 38.5 Å². The van der Waals surface area contributed by atoms with Crippen molar-refractivity contribution in [1.29, 1.82) is 0 Å². The Balaban J connectivity index is 1.79. The van der Waals surface area contributed by atoms with E-state index >= 15 is 0 Å². The van der Waals surface area contributed by atoms with Crippen molar-refractivity contribution in [3.8, 4) is 0 Å². The fourth-order valence-electron chi connectivity index (χ4n) is 3.55. The first-order valence-corrected chi connectivity index (χ1v) is 7.19. The first-order valence-electron chi connectivity index (χ1n) is 7.19. The van der Waals surface area contributed by atoms with Crippen LogP contribution in [-0.4, -0.2) is 6.04 Å². The Bertz CT molecular complexity index is 379. The molecule has 0 heterocycles. The van der Waals surface area contributed by atoms with Crippen LogP contribution in [0.15, 0.2) is 24.3 Å². The van der Waals surface area contributed by atoms with Crippen molar-refractivity contribution in [1.82, 2.24) is 5.32 Å². The van der Waals surface area contributed by atoms with E-state index in [2.05, 4.69) is 36.5 Å². The third-order valence-electron chi connectivity index (χ3n) is 4.58. The summed E-state index contributed by atoms with van der Waals surface area (Å²) >= 11 is 0. The number of hydrogen-bond donors (Lipinski definition) is 1. The van der Waals surface area contributed by atoms with Gasteiger partial charge in [-0.05, 0) is 42.7 Å². The Kier molecular flexibility index (Phi) is 3.19. The zero-order valence-corrected chi connectivity index (χ0v) is 10.8. The molecular formula is C16H23N. The molecule has 0 saturated heterocycles. The maximum Gasteiger partial charge on any atom is 0.0325 e. The second kappa shape index (κ2) is 4.81. The fourth-order valence-corrected chi connectivity index (χ4v) is 3.55. The Hall–Kier alpha value is -0.820. The van der Waals surface area contributed by atoms with Gasteiger partial charge >= 0.3 is 0 Å². The van der Waals surface area contributed by atoms with Crippen molar-refractivity contribution in [3.05, 3.63) is 35.4 Å². The summed E-state index contributed by atoms with van der Waals surface area (Å²) in [4.78, 5) is 0. The van der Waals surface area contributed by atoms with Gasteiger partial charge in [0.1, 0.15) is 0 Å². The van der Waals surface area contributed by atoms with Crippen molar-refractivity contribution in [2.75, 3.05) is 0 Å². The monoisotopic (exact) mass is 229 g/mol. The molecule has 0 spiro atoms. The highest BCUT2D eigenvalue weighted by molar-refractivity contribution is 5.35. The van der Waals surface area contributed by atoms with Gasteiger partial charge in [0, 0.05) is 12.1 Å². The molecule has 1 fully saturated rings. The van der Waals surface area contributed by atoms with Gasteiger partial charge in [0.15, 0.2) is 0 Å². The third kappa shape index (κ3) is 2.26.